The molecule has 0 aromatic carbocycles. The van der Waals surface area contributed by atoms with Gasteiger partial charge >= 0.3 is 36.0 Å². The lowest BCUT2D eigenvalue weighted by Crippen LogP contribution is -2.69. The molecular formula is C11H10F12O2. The van der Waals surface area contributed by atoms with Crippen LogP contribution in [0.25, 0.3) is 0 Å². The average molecular weight is 402 g/mol. The van der Waals surface area contributed by atoms with Gasteiger partial charge < -0.3 is 9.47 Å². The molecule has 0 aliphatic carbocycles. The van der Waals surface area contributed by atoms with Gasteiger partial charge in [-0.05, 0) is 0 Å². The molecule has 0 spiro atoms. The molecule has 0 N–H and O–H groups in total. The molecule has 25 heavy (non-hydrogen) atoms. The van der Waals surface area contributed by atoms with Gasteiger partial charge in [-0.2, -0.15) is 43.9 Å². The van der Waals surface area contributed by atoms with E-state index in [2.05, 4.69) is 16.1 Å². The van der Waals surface area contributed by atoms with Gasteiger partial charge in [-0.15, -0.1) is 0 Å². The van der Waals surface area contributed by atoms with Crippen LogP contribution in [0.5, 0.6) is 0 Å². The minimum absolute atomic E-state index is 0.568. The normalized spacial score (nSPS) is 14.8. The molecule has 0 amide bonds. The maximum Gasteiger partial charge on any atom is 0.384 e. The highest BCUT2D eigenvalue weighted by molar-refractivity contribution is 5.09. The van der Waals surface area contributed by atoms with E-state index >= 15 is 0 Å². The fraction of sp³-hybridized carbons (Fsp3) is 0.818. The Hall–Kier alpha value is -1.34. The van der Waals surface area contributed by atoms with Crippen LogP contribution in [0.3, 0.4) is 0 Å². The van der Waals surface area contributed by atoms with Gasteiger partial charge in [-0.1, -0.05) is 6.58 Å². The summed E-state index contributed by atoms with van der Waals surface area (Å²) in [5, 5.41) is 0. The van der Waals surface area contributed by atoms with Gasteiger partial charge in [0.25, 0.3) is 0 Å². The molecular weight excluding hydrogens is 392 g/mol. The maximum absolute atomic E-state index is 13.2. The van der Waals surface area contributed by atoms with Crippen molar-refractivity contribution < 1.29 is 62.2 Å². The van der Waals surface area contributed by atoms with E-state index in [4.69, 9.17) is 0 Å². The van der Waals surface area contributed by atoms with Crippen molar-refractivity contribution in [3.05, 3.63) is 12.8 Å². The topological polar surface area (TPSA) is 18.5 Å². The highest BCUT2D eigenvalue weighted by atomic mass is 19.4. The first kappa shape index (κ1) is 23.7. The first-order valence-electron chi connectivity index (χ1n) is 5.98. The maximum atomic E-state index is 13.2. The lowest BCUT2D eigenvalue weighted by atomic mass is 9.94. The molecule has 0 aromatic heterocycles. The number of rotatable bonds is 11. The van der Waals surface area contributed by atoms with Crippen LogP contribution in [0.2, 0.25) is 0 Å². The Labute approximate surface area is 132 Å². The molecule has 150 valence electrons. The molecule has 0 aliphatic heterocycles. The summed E-state index contributed by atoms with van der Waals surface area (Å²) < 4.78 is 161. The van der Waals surface area contributed by atoms with Crippen molar-refractivity contribution in [1.82, 2.24) is 0 Å². The number of ether oxygens (including phenoxy) is 2. The molecule has 0 unspecified atom stereocenters. The van der Waals surface area contributed by atoms with Gasteiger partial charge in [0.2, 0.25) is 0 Å². The van der Waals surface area contributed by atoms with E-state index in [1.54, 1.807) is 0 Å². The monoisotopic (exact) mass is 402 g/mol. The summed E-state index contributed by atoms with van der Waals surface area (Å²) in [5.41, 5.74) is 0. The molecule has 2 nitrogen and oxygen atoms in total. The first-order valence-corrected chi connectivity index (χ1v) is 5.98. The van der Waals surface area contributed by atoms with Crippen LogP contribution in [-0.2, 0) is 9.47 Å². The van der Waals surface area contributed by atoms with Gasteiger partial charge in [0.15, 0.2) is 0 Å². The molecule has 0 saturated carbocycles. The van der Waals surface area contributed by atoms with E-state index < -0.39 is 55.9 Å². The second kappa shape index (κ2) is 7.50. The van der Waals surface area contributed by atoms with Crippen molar-refractivity contribution in [1.29, 1.82) is 0 Å². The van der Waals surface area contributed by atoms with Gasteiger partial charge in [0.1, 0.15) is 13.2 Å². The number of hydrogen-bond donors (Lipinski definition) is 0. The van der Waals surface area contributed by atoms with Crippen molar-refractivity contribution >= 4 is 0 Å². The quantitative estimate of drug-likeness (QED) is 0.286. The second-order valence-electron chi connectivity index (χ2n) is 4.44. The van der Waals surface area contributed by atoms with Crippen LogP contribution in [0.15, 0.2) is 12.8 Å². The summed E-state index contributed by atoms with van der Waals surface area (Å²) in [7, 11) is 0. The number of hydrogen-bond acceptors (Lipinski definition) is 2. The highest BCUT2D eigenvalue weighted by Gasteiger charge is 2.87. The van der Waals surface area contributed by atoms with E-state index in [0.717, 1.165) is 6.26 Å². The Bertz CT molecular complexity index is 448. The van der Waals surface area contributed by atoms with Gasteiger partial charge in [0, 0.05) is 0 Å². The van der Waals surface area contributed by atoms with E-state index in [-0.39, 0.29) is 0 Å². The SMILES string of the molecule is C=COCCOCC(F)(F)C(F)(F)C(F)(F)C(F)(F)C(F)(F)C(F)F. The van der Waals surface area contributed by atoms with Crippen molar-refractivity contribution in [2.45, 2.75) is 36.0 Å². The van der Waals surface area contributed by atoms with E-state index in [0.29, 0.717) is 0 Å². The summed E-state index contributed by atoms with van der Waals surface area (Å²) in [5.74, 6) is -35.3. The summed E-state index contributed by atoms with van der Waals surface area (Å²) in [6.45, 7) is -1.10. The molecule has 0 rings (SSSR count). The standard InChI is InChI=1S/C11H10F12O2/c1-2-24-3-4-25-5-7(14,15)9(18,19)11(22,23)10(20,21)8(16,17)6(12)13/h2,6H,1,3-5H2. The smallest absolute Gasteiger partial charge is 0.384 e. The predicted octanol–water partition coefficient (Wildman–Crippen LogP) is 4.60. The Morgan fingerprint density at radius 2 is 1.24 bits per heavy atom. The van der Waals surface area contributed by atoms with E-state index in [9.17, 15) is 52.7 Å². The first-order chi connectivity index (χ1) is 11.0. The fourth-order valence-corrected chi connectivity index (χ4v) is 1.25. The third-order valence-electron chi connectivity index (χ3n) is 2.69. The minimum atomic E-state index is -7.54. The Morgan fingerprint density at radius 1 is 0.760 bits per heavy atom. The zero-order valence-electron chi connectivity index (χ0n) is 11.8. The third-order valence-corrected chi connectivity index (χ3v) is 2.69. The lowest BCUT2D eigenvalue weighted by molar-refractivity contribution is -0.415. The molecule has 0 aromatic rings. The Morgan fingerprint density at radius 3 is 1.64 bits per heavy atom. The Kier molecular flexibility index (Phi) is 7.09. The van der Waals surface area contributed by atoms with Crippen LogP contribution < -0.4 is 0 Å². The van der Waals surface area contributed by atoms with E-state index in [1.807, 2.05) is 0 Å². The van der Waals surface area contributed by atoms with Crippen molar-refractivity contribution in [3.8, 4) is 0 Å². The summed E-state index contributed by atoms with van der Waals surface area (Å²) >= 11 is 0. The van der Waals surface area contributed by atoms with Crippen LogP contribution in [0.1, 0.15) is 0 Å². The van der Waals surface area contributed by atoms with Gasteiger partial charge in [0.05, 0.1) is 12.9 Å². The molecule has 0 aliphatic rings. The molecule has 14 heteroatoms. The number of halogens is 12. The molecule has 0 radical (unpaired) electrons. The van der Waals surface area contributed by atoms with E-state index in [1.165, 1.54) is 0 Å². The molecule has 0 fully saturated rings. The van der Waals surface area contributed by atoms with Crippen molar-refractivity contribution in [2.75, 3.05) is 19.8 Å². The summed E-state index contributed by atoms with van der Waals surface area (Å²) in [4.78, 5) is 0. The third kappa shape index (κ3) is 4.08. The largest absolute Gasteiger partial charge is 0.499 e. The van der Waals surface area contributed by atoms with Crippen molar-refractivity contribution in [2.24, 2.45) is 0 Å². The van der Waals surface area contributed by atoms with Crippen LogP contribution in [0.4, 0.5) is 52.7 Å². The molecule has 0 heterocycles. The van der Waals surface area contributed by atoms with Crippen LogP contribution >= 0.6 is 0 Å². The highest BCUT2D eigenvalue weighted by Crippen LogP contribution is 2.58. The minimum Gasteiger partial charge on any atom is -0.499 e. The molecule has 0 atom stereocenters. The van der Waals surface area contributed by atoms with Crippen LogP contribution in [0, 0.1) is 0 Å². The number of alkyl halides is 12. The zero-order valence-corrected chi connectivity index (χ0v) is 11.8. The average Bonchev–Trinajstić information content (AvgIpc) is 2.45. The van der Waals surface area contributed by atoms with Crippen molar-refractivity contribution in [3.63, 3.8) is 0 Å². The predicted molar refractivity (Wildman–Crippen MR) is 57.7 cm³/mol. The zero-order chi connectivity index (χ0) is 20.3. The fourth-order valence-electron chi connectivity index (χ4n) is 1.25. The molecule has 0 bridgehead atoms. The van der Waals surface area contributed by atoms with Crippen LogP contribution in [-0.4, -0.2) is 55.9 Å². The summed E-state index contributed by atoms with van der Waals surface area (Å²) in [6.07, 6.45) is -4.76. The lowest BCUT2D eigenvalue weighted by Gasteiger charge is -2.39. The Balaban J connectivity index is 5.52. The second-order valence-corrected chi connectivity index (χ2v) is 4.44. The molecule has 0 saturated heterocycles. The van der Waals surface area contributed by atoms with Gasteiger partial charge in [-0.25, -0.2) is 8.78 Å². The van der Waals surface area contributed by atoms with Gasteiger partial charge in [-0.3, -0.25) is 0 Å². The summed E-state index contributed by atoms with van der Waals surface area (Å²) in [6, 6.07) is 0.